The Kier molecular flexibility index (Phi) is 5.74. The van der Waals surface area contributed by atoms with Crippen LogP contribution in [0, 0.1) is 0 Å². The first-order valence-corrected chi connectivity index (χ1v) is 6.11. The van der Waals surface area contributed by atoms with E-state index < -0.39 is 0 Å². The number of benzene rings is 1. The van der Waals surface area contributed by atoms with E-state index in [0.29, 0.717) is 5.88 Å². The molecule has 0 radical (unpaired) electrons. The predicted molar refractivity (Wildman–Crippen MR) is 65.5 cm³/mol. The standard InChI is InChI=1S/C13H19ClO/c1-2-11-5-7-12(8-6-11)10-13(15)4-3-9-14/h5-8,13,15H,2-4,9-10H2,1H3. The summed E-state index contributed by atoms with van der Waals surface area (Å²) < 4.78 is 0. The molecule has 1 aromatic carbocycles. The highest BCUT2D eigenvalue weighted by Crippen LogP contribution is 2.10. The van der Waals surface area contributed by atoms with Crippen molar-refractivity contribution in [1.29, 1.82) is 0 Å². The van der Waals surface area contributed by atoms with Crippen molar-refractivity contribution < 1.29 is 5.11 Å². The molecular formula is C13H19ClO. The highest BCUT2D eigenvalue weighted by molar-refractivity contribution is 6.17. The van der Waals surface area contributed by atoms with Crippen LogP contribution in [0.2, 0.25) is 0 Å². The molecular weight excluding hydrogens is 208 g/mol. The van der Waals surface area contributed by atoms with Gasteiger partial charge in [-0.05, 0) is 36.8 Å². The molecule has 1 nitrogen and oxygen atoms in total. The molecule has 0 aliphatic rings. The fourth-order valence-electron chi connectivity index (χ4n) is 1.60. The lowest BCUT2D eigenvalue weighted by Crippen LogP contribution is -2.10. The van der Waals surface area contributed by atoms with Gasteiger partial charge in [0.15, 0.2) is 0 Å². The zero-order valence-electron chi connectivity index (χ0n) is 9.25. The van der Waals surface area contributed by atoms with Gasteiger partial charge in [0, 0.05) is 5.88 Å². The molecule has 0 aromatic heterocycles. The van der Waals surface area contributed by atoms with E-state index in [2.05, 4.69) is 31.2 Å². The Morgan fingerprint density at radius 3 is 2.33 bits per heavy atom. The second-order valence-corrected chi connectivity index (χ2v) is 4.24. The van der Waals surface area contributed by atoms with Crippen LogP contribution in [0.25, 0.3) is 0 Å². The number of alkyl halides is 1. The molecule has 1 unspecified atom stereocenters. The first kappa shape index (κ1) is 12.5. The van der Waals surface area contributed by atoms with Gasteiger partial charge < -0.3 is 5.11 Å². The second kappa shape index (κ2) is 6.86. The van der Waals surface area contributed by atoms with Crippen molar-refractivity contribution in [2.24, 2.45) is 0 Å². The van der Waals surface area contributed by atoms with Gasteiger partial charge in [0.05, 0.1) is 6.10 Å². The van der Waals surface area contributed by atoms with Gasteiger partial charge in [0.25, 0.3) is 0 Å². The summed E-state index contributed by atoms with van der Waals surface area (Å²) in [7, 11) is 0. The number of hydrogen-bond acceptors (Lipinski definition) is 1. The summed E-state index contributed by atoms with van der Waals surface area (Å²) in [5.74, 6) is 0.631. The van der Waals surface area contributed by atoms with E-state index in [1.165, 1.54) is 11.1 Å². The van der Waals surface area contributed by atoms with E-state index in [1.807, 2.05) is 0 Å². The van der Waals surface area contributed by atoms with E-state index in [0.717, 1.165) is 25.7 Å². The first-order chi connectivity index (χ1) is 7.26. The number of aliphatic hydroxyl groups is 1. The molecule has 0 saturated carbocycles. The Morgan fingerprint density at radius 1 is 1.20 bits per heavy atom. The van der Waals surface area contributed by atoms with E-state index in [-0.39, 0.29) is 6.10 Å². The average Bonchev–Trinajstić information content (AvgIpc) is 2.27. The summed E-state index contributed by atoms with van der Waals surface area (Å²) in [5.41, 5.74) is 2.54. The minimum atomic E-state index is -0.253. The Balaban J connectivity index is 2.42. The molecule has 1 rings (SSSR count). The van der Waals surface area contributed by atoms with Crippen LogP contribution in [-0.4, -0.2) is 17.1 Å². The monoisotopic (exact) mass is 226 g/mol. The summed E-state index contributed by atoms with van der Waals surface area (Å²) >= 11 is 5.58. The van der Waals surface area contributed by atoms with Gasteiger partial charge in [-0.15, -0.1) is 11.6 Å². The van der Waals surface area contributed by atoms with Crippen molar-refractivity contribution in [2.45, 2.75) is 38.7 Å². The third-order valence-corrected chi connectivity index (χ3v) is 2.84. The van der Waals surface area contributed by atoms with Crippen molar-refractivity contribution >= 4 is 11.6 Å². The number of aliphatic hydroxyl groups excluding tert-OH is 1. The Hall–Kier alpha value is -0.530. The maximum Gasteiger partial charge on any atom is 0.0581 e. The van der Waals surface area contributed by atoms with Crippen LogP contribution < -0.4 is 0 Å². The van der Waals surface area contributed by atoms with Crippen molar-refractivity contribution in [3.63, 3.8) is 0 Å². The number of rotatable bonds is 6. The van der Waals surface area contributed by atoms with Crippen LogP contribution in [-0.2, 0) is 12.8 Å². The summed E-state index contributed by atoms with van der Waals surface area (Å²) in [6.07, 6.45) is 3.22. The lowest BCUT2D eigenvalue weighted by Gasteiger charge is -2.09. The van der Waals surface area contributed by atoms with Gasteiger partial charge in [0.2, 0.25) is 0 Å². The molecule has 0 spiro atoms. The van der Waals surface area contributed by atoms with Gasteiger partial charge in [-0.2, -0.15) is 0 Å². The SMILES string of the molecule is CCc1ccc(CC(O)CCCCl)cc1. The van der Waals surface area contributed by atoms with Crippen LogP contribution in [0.1, 0.15) is 30.9 Å². The molecule has 0 fully saturated rings. The van der Waals surface area contributed by atoms with Gasteiger partial charge in [-0.25, -0.2) is 0 Å². The number of aryl methyl sites for hydroxylation is 1. The lowest BCUT2D eigenvalue weighted by atomic mass is 10.0. The fourth-order valence-corrected chi connectivity index (χ4v) is 1.75. The van der Waals surface area contributed by atoms with Crippen LogP contribution in [0.3, 0.4) is 0 Å². The fraction of sp³-hybridized carbons (Fsp3) is 0.538. The minimum absolute atomic E-state index is 0.253. The quantitative estimate of drug-likeness (QED) is 0.739. The summed E-state index contributed by atoms with van der Waals surface area (Å²) in [5, 5.41) is 9.70. The smallest absolute Gasteiger partial charge is 0.0581 e. The van der Waals surface area contributed by atoms with Gasteiger partial charge in [-0.1, -0.05) is 31.2 Å². The molecule has 15 heavy (non-hydrogen) atoms. The van der Waals surface area contributed by atoms with Gasteiger partial charge >= 0.3 is 0 Å². The molecule has 1 aromatic rings. The number of hydrogen-bond donors (Lipinski definition) is 1. The predicted octanol–water partition coefficient (Wildman–Crippen LogP) is 3.17. The molecule has 0 amide bonds. The van der Waals surface area contributed by atoms with Crippen LogP contribution in [0.5, 0.6) is 0 Å². The molecule has 0 saturated heterocycles. The highest BCUT2D eigenvalue weighted by atomic mass is 35.5. The van der Waals surface area contributed by atoms with Gasteiger partial charge in [0.1, 0.15) is 0 Å². The second-order valence-electron chi connectivity index (χ2n) is 3.86. The van der Waals surface area contributed by atoms with Crippen molar-refractivity contribution in [1.82, 2.24) is 0 Å². The third-order valence-electron chi connectivity index (χ3n) is 2.57. The molecule has 0 aliphatic carbocycles. The van der Waals surface area contributed by atoms with Crippen molar-refractivity contribution in [3.05, 3.63) is 35.4 Å². The third kappa shape index (κ3) is 4.67. The maximum absolute atomic E-state index is 9.70. The Morgan fingerprint density at radius 2 is 1.80 bits per heavy atom. The highest BCUT2D eigenvalue weighted by Gasteiger charge is 2.04. The lowest BCUT2D eigenvalue weighted by molar-refractivity contribution is 0.164. The topological polar surface area (TPSA) is 20.2 Å². The maximum atomic E-state index is 9.70. The van der Waals surface area contributed by atoms with E-state index in [1.54, 1.807) is 0 Å². The molecule has 2 heteroatoms. The normalized spacial score (nSPS) is 12.7. The summed E-state index contributed by atoms with van der Waals surface area (Å²) in [6.45, 7) is 2.14. The van der Waals surface area contributed by atoms with Crippen LogP contribution >= 0.6 is 11.6 Å². The summed E-state index contributed by atoms with van der Waals surface area (Å²) in [4.78, 5) is 0. The first-order valence-electron chi connectivity index (χ1n) is 5.58. The largest absolute Gasteiger partial charge is 0.393 e. The Labute approximate surface area is 97.1 Å². The zero-order chi connectivity index (χ0) is 11.1. The zero-order valence-corrected chi connectivity index (χ0v) is 10.0. The van der Waals surface area contributed by atoms with Crippen molar-refractivity contribution in [2.75, 3.05) is 5.88 Å². The van der Waals surface area contributed by atoms with Crippen LogP contribution in [0.4, 0.5) is 0 Å². The van der Waals surface area contributed by atoms with Gasteiger partial charge in [-0.3, -0.25) is 0 Å². The van der Waals surface area contributed by atoms with E-state index >= 15 is 0 Å². The molecule has 0 aliphatic heterocycles. The summed E-state index contributed by atoms with van der Waals surface area (Å²) in [6, 6.07) is 8.46. The number of halogens is 1. The molecule has 84 valence electrons. The molecule has 0 bridgehead atoms. The van der Waals surface area contributed by atoms with E-state index in [9.17, 15) is 5.11 Å². The average molecular weight is 227 g/mol. The molecule has 1 N–H and O–H groups in total. The Bertz CT molecular complexity index is 268. The van der Waals surface area contributed by atoms with E-state index in [4.69, 9.17) is 11.6 Å². The van der Waals surface area contributed by atoms with Crippen LogP contribution in [0.15, 0.2) is 24.3 Å². The van der Waals surface area contributed by atoms with Crippen molar-refractivity contribution in [3.8, 4) is 0 Å². The molecule has 1 atom stereocenters. The minimum Gasteiger partial charge on any atom is -0.393 e. The molecule has 0 heterocycles.